The Labute approximate surface area is 318 Å². The van der Waals surface area contributed by atoms with Gasteiger partial charge in [-0.1, -0.05) is 18.2 Å². The second-order valence-corrected chi connectivity index (χ2v) is 15.3. The molecule has 1 aliphatic heterocycles. The largest absolute Gasteiger partial charge is 0.497 e. The first-order valence-corrected chi connectivity index (χ1v) is 18.7. The summed E-state index contributed by atoms with van der Waals surface area (Å²) in [6.45, 7) is 7.79. The number of aromatic nitrogens is 1. The van der Waals surface area contributed by atoms with Gasteiger partial charge in [-0.15, -0.1) is 0 Å². The highest BCUT2D eigenvalue weighted by molar-refractivity contribution is 5.92. The van der Waals surface area contributed by atoms with E-state index < -0.39 is 17.6 Å². The Bertz CT molecular complexity index is 1960. The fourth-order valence-electron chi connectivity index (χ4n) is 7.38. The number of fused-ring (bicyclic) bond motifs is 1. The van der Waals surface area contributed by atoms with Crippen LogP contribution in [0.15, 0.2) is 66.9 Å². The van der Waals surface area contributed by atoms with Gasteiger partial charge < -0.3 is 38.1 Å². The molecule has 54 heavy (non-hydrogen) atoms. The van der Waals surface area contributed by atoms with Crippen LogP contribution in [0.25, 0.3) is 22.0 Å². The van der Waals surface area contributed by atoms with Gasteiger partial charge >= 0.3 is 12.1 Å². The van der Waals surface area contributed by atoms with Gasteiger partial charge in [0.1, 0.15) is 17.1 Å². The lowest BCUT2D eigenvalue weighted by molar-refractivity contribution is -0.139. The van der Waals surface area contributed by atoms with Gasteiger partial charge in [-0.2, -0.15) is 0 Å². The summed E-state index contributed by atoms with van der Waals surface area (Å²) in [5.41, 5.74) is 4.83. The molecular formula is C43H53N3O8. The Morgan fingerprint density at radius 1 is 0.870 bits per heavy atom. The van der Waals surface area contributed by atoms with Gasteiger partial charge in [-0.25, -0.2) is 9.59 Å². The lowest BCUT2D eigenvalue weighted by Crippen LogP contribution is -2.51. The monoisotopic (exact) mass is 739 g/mol. The molecular weight excluding hydrogens is 686 g/mol. The highest BCUT2D eigenvalue weighted by Crippen LogP contribution is 2.42. The van der Waals surface area contributed by atoms with Crippen molar-refractivity contribution in [2.24, 2.45) is 13.0 Å². The number of carbonyl (C=O) groups is 3. The summed E-state index contributed by atoms with van der Waals surface area (Å²) in [4.78, 5) is 44.3. The van der Waals surface area contributed by atoms with Crippen LogP contribution in [0.5, 0.6) is 11.5 Å². The number of rotatable bonds is 13. The van der Waals surface area contributed by atoms with E-state index >= 15 is 4.79 Å². The topological polar surface area (TPSA) is 109 Å². The summed E-state index contributed by atoms with van der Waals surface area (Å²) >= 11 is 0. The van der Waals surface area contributed by atoms with E-state index in [2.05, 4.69) is 29.0 Å². The number of piperidine rings is 1. The van der Waals surface area contributed by atoms with Crippen LogP contribution in [0.1, 0.15) is 73.9 Å². The molecule has 2 heterocycles. The van der Waals surface area contributed by atoms with E-state index in [1.54, 1.807) is 31.3 Å². The molecule has 1 aromatic heterocycles. The number of likely N-dealkylation sites (tertiary alicyclic amines) is 1. The number of benzene rings is 3. The lowest BCUT2D eigenvalue weighted by Gasteiger charge is -2.40. The molecule has 11 nitrogen and oxygen atoms in total. The fourth-order valence-corrected chi connectivity index (χ4v) is 7.38. The number of hydrogen-bond donors (Lipinski definition) is 0. The smallest absolute Gasteiger partial charge is 0.410 e. The average Bonchev–Trinajstić information content (AvgIpc) is 3.96. The zero-order chi connectivity index (χ0) is 38.6. The minimum atomic E-state index is -0.662. The maximum atomic E-state index is 15.1. The predicted octanol–water partition coefficient (Wildman–Crippen LogP) is 7.59. The highest BCUT2D eigenvalue weighted by atomic mass is 16.6. The van der Waals surface area contributed by atoms with Gasteiger partial charge in [0.2, 0.25) is 5.91 Å². The molecule has 2 aliphatic rings. The van der Waals surface area contributed by atoms with Crippen LogP contribution in [0.4, 0.5) is 4.79 Å². The van der Waals surface area contributed by atoms with Gasteiger partial charge in [0.25, 0.3) is 0 Å². The van der Waals surface area contributed by atoms with E-state index in [1.165, 1.54) is 7.11 Å². The predicted molar refractivity (Wildman–Crippen MR) is 207 cm³/mol. The molecule has 2 amide bonds. The van der Waals surface area contributed by atoms with Crippen LogP contribution < -0.4 is 9.47 Å². The highest BCUT2D eigenvalue weighted by Gasteiger charge is 2.44. The number of amides is 2. The molecule has 288 valence electrons. The summed E-state index contributed by atoms with van der Waals surface area (Å²) in [7, 11) is 6.69. The van der Waals surface area contributed by atoms with Crippen molar-refractivity contribution in [1.82, 2.24) is 14.4 Å². The van der Waals surface area contributed by atoms with Gasteiger partial charge in [-0.3, -0.25) is 4.79 Å². The van der Waals surface area contributed by atoms with Crippen molar-refractivity contribution in [3.05, 3.63) is 83.6 Å². The molecule has 2 fully saturated rings. The van der Waals surface area contributed by atoms with Gasteiger partial charge in [0.05, 0.1) is 32.3 Å². The van der Waals surface area contributed by atoms with Crippen molar-refractivity contribution < 1.29 is 38.1 Å². The van der Waals surface area contributed by atoms with Crippen molar-refractivity contribution in [2.75, 3.05) is 47.6 Å². The molecule has 1 saturated heterocycles. The summed E-state index contributed by atoms with van der Waals surface area (Å²) in [6, 6.07) is 19.6. The van der Waals surface area contributed by atoms with Gasteiger partial charge in [0, 0.05) is 81.9 Å². The zero-order valence-electron chi connectivity index (χ0n) is 32.6. The van der Waals surface area contributed by atoms with Crippen molar-refractivity contribution in [3.8, 4) is 22.6 Å². The molecule has 0 unspecified atom stereocenters. The summed E-state index contributed by atoms with van der Waals surface area (Å²) in [6.07, 6.45) is 4.94. The van der Waals surface area contributed by atoms with Gasteiger partial charge in [-0.05, 0) is 98.7 Å². The van der Waals surface area contributed by atoms with Crippen LogP contribution in [0, 0.1) is 5.92 Å². The maximum absolute atomic E-state index is 15.1. The first-order chi connectivity index (χ1) is 25.9. The van der Waals surface area contributed by atoms with Crippen molar-refractivity contribution in [1.29, 1.82) is 0 Å². The molecule has 0 spiro atoms. The van der Waals surface area contributed by atoms with Gasteiger partial charge in [0.15, 0.2) is 0 Å². The van der Waals surface area contributed by atoms with Crippen LogP contribution in [0.2, 0.25) is 0 Å². The number of carbonyl (C=O) groups excluding carboxylic acids is 3. The van der Waals surface area contributed by atoms with E-state index in [0.29, 0.717) is 49.8 Å². The number of hydrogen-bond acceptors (Lipinski definition) is 8. The van der Waals surface area contributed by atoms with E-state index in [1.807, 2.05) is 63.1 Å². The molecule has 4 aromatic rings. The van der Waals surface area contributed by atoms with Crippen LogP contribution in [-0.2, 0) is 32.6 Å². The van der Waals surface area contributed by atoms with E-state index in [-0.39, 0.29) is 30.4 Å². The quantitative estimate of drug-likeness (QED) is 0.102. The molecule has 1 saturated carbocycles. The number of aryl methyl sites for hydroxylation is 1. The fraction of sp³-hybridized carbons (Fsp3) is 0.465. The van der Waals surface area contributed by atoms with Crippen molar-refractivity contribution in [3.63, 3.8) is 0 Å². The Kier molecular flexibility index (Phi) is 11.9. The molecule has 2 atom stereocenters. The summed E-state index contributed by atoms with van der Waals surface area (Å²) in [5, 5.41) is 1.06. The third-order valence-corrected chi connectivity index (χ3v) is 10.2. The average molecular weight is 740 g/mol. The SMILES string of the molecule is COCCCOc1cc(CN(C(=O)[C@H]2CN(C(=O)OC(C)(C)C)CC[C@@H]2c2cn(C)c3ccc(-c4ccc(C(=O)OC)cc4)cc23)C2CC2)cc(OC)c1. The molecule has 1 aliphatic carbocycles. The first-order valence-electron chi connectivity index (χ1n) is 18.7. The number of nitrogens with zero attached hydrogens (tertiary/aromatic N) is 3. The Morgan fingerprint density at radius 2 is 1.59 bits per heavy atom. The molecule has 0 N–H and O–H groups in total. The lowest BCUT2D eigenvalue weighted by atomic mass is 9.79. The third-order valence-electron chi connectivity index (χ3n) is 10.2. The van der Waals surface area contributed by atoms with Crippen molar-refractivity contribution in [2.45, 2.75) is 70.6 Å². The van der Waals surface area contributed by atoms with E-state index in [9.17, 15) is 9.59 Å². The molecule has 6 rings (SSSR count). The third kappa shape index (κ3) is 9.01. The standard InChI is InChI=1S/C43H53N3O8/c1-43(2,3)54-42(49)45-18-17-35(37-26-44(4)39-16-13-31(23-36(37)39)29-9-11-30(12-10-29)41(48)52-7)38(27-45)40(47)46(32-14-15-32)25-28-21-33(51-6)24-34(22-28)53-20-8-19-50-5/h9-13,16,21-24,26,32,35,38H,8,14-15,17-20,25,27H2,1-7H3/t35-,38+/m1/s1. The number of esters is 1. The van der Waals surface area contributed by atoms with Crippen LogP contribution in [0.3, 0.4) is 0 Å². The normalized spacial score (nSPS) is 17.3. The first kappa shape index (κ1) is 38.7. The van der Waals surface area contributed by atoms with Crippen molar-refractivity contribution >= 4 is 28.9 Å². The second kappa shape index (κ2) is 16.5. The molecule has 3 aromatic carbocycles. The number of methoxy groups -OCH3 is 3. The van der Waals surface area contributed by atoms with Crippen LogP contribution >= 0.6 is 0 Å². The Balaban J connectivity index is 1.35. The minimum absolute atomic E-state index is 0.0210. The minimum Gasteiger partial charge on any atom is -0.497 e. The Morgan fingerprint density at radius 3 is 2.26 bits per heavy atom. The number of ether oxygens (including phenoxy) is 5. The van der Waals surface area contributed by atoms with E-state index in [4.69, 9.17) is 23.7 Å². The zero-order valence-corrected chi connectivity index (χ0v) is 32.6. The van der Waals surface area contributed by atoms with E-state index in [0.717, 1.165) is 52.4 Å². The summed E-state index contributed by atoms with van der Waals surface area (Å²) in [5.74, 6) is 0.332. The van der Waals surface area contributed by atoms with Crippen LogP contribution in [-0.4, -0.2) is 91.6 Å². The Hall–Kier alpha value is -5.03. The molecule has 0 bridgehead atoms. The maximum Gasteiger partial charge on any atom is 0.410 e. The summed E-state index contributed by atoms with van der Waals surface area (Å²) < 4.78 is 29.7. The molecule has 0 radical (unpaired) electrons. The second-order valence-electron chi connectivity index (χ2n) is 15.3. The molecule has 11 heteroatoms.